The van der Waals surface area contributed by atoms with Crippen LogP contribution in [0.4, 0.5) is 13.2 Å². The van der Waals surface area contributed by atoms with Gasteiger partial charge in [0.1, 0.15) is 6.54 Å². The summed E-state index contributed by atoms with van der Waals surface area (Å²) in [7, 11) is 4.05. The third-order valence-electron chi connectivity index (χ3n) is 3.37. The average molecular weight is 385 g/mol. The second-order valence-electron chi connectivity index (χ2n) is 5.82. The lowest BCUT2D eigenvalue weighted by molar-refractivity contribution is -0.192. The van der Waals surface area contributed by atoms with E-state index in [2.05, 4.69) is 20.1 Å². The average Bonchev–Trinajstić information content (AvgIpc) is 3.20. The summed E-state index contributed by atoms with van der Waals surface area (Å²) in [6, 6.07) is 8.07. The molecule has 0 aliphatic carbocycles. The lowest BCUT2D eigenvalue weighted by Gasteiger charge is -2.05. The first-order valence-electron chi connectivity index (χ1n) is 7.83. The molecule has 0 radical (unpaired) electrons. The van der Waals surface area contributed by atoms with Gasteiger partial charge in [0, 0.05) is 18.4 Å². The number of hydrogen-bond donors (Lipinski definition) is 1. The van der Waals surface area contributed by atoms with Gasteiger partial charge in [-0.05, 0) is 20.2 Å². The SMILES string of the molecule is CN(C)CCc1noc(Cn2ncc3ccccc32)n1.O=C(O)C(F)(F)F. The molecule has 27 heavy (non-hydrogen) atoms. The number of likely N-dealkylation sites (N-methyl/N-ethyl adjacent to an activating group) is 1. The number of carboxylic acid groups (broad SMARTS) is 1. The van der Waals surface area contributed by atoms with Gasteiger partial charge in [0.05, 0.1) is 11.7 Å². The highest BCUT2D eigenvalue weighted by Crippen LogP contribution is 2.14. The molecule has 146 valence electrons. The van der Waals surface area contributed by atoms with Crippen molar-refractivity contribution in [2.75, 3.05) is 20.6 Å². The fourth-order valence-corrected chi connectivity index (χ4v) is 2.06. The molecule has 0 amide bonds. The van der Waals surface area contributed by atoms with Crippen LogP contribution in [0.15, 0.2) is 35.0 Å². The van der Waals surface area contributed by atoms with Crippen molar-refractivity contribution in [2.24, 2.45) is 0 Å². The van der Waals surface area contributed by atoms with Crippen LogP contribution in [0, 0.1) is 0 Å². The van der Waals surface area contributed by atoms with Crippen LogP contribution in [0.3, 0.4) is 0 Å². The lowest BCUT2D eigenvalue weighted by atomic mass is 10.3. The van der Waals surface area contributed by atoms with Gasteiger partial charge in [0.15, 0.2) is 5.82 Å². The van der Waals surface area contributed by atoms with Crippen molar-refractivity contribution in [1.82, 2.24) is 24.8 Å². The van der Waals surface area contributed by atoms with E-state index in [9.17, 15) is 13.2 Å². The molecule has 0 atom stereocenters. The Morgan fingerprint density at radius 1 is 1.30 bits per heavy atom. The zero-order chi connectivity index (χ0) is 20.0. The number of fused-ring (bicyclic) bond motifs is 1. The molecule has 1 N–H and O–H groups in total. The van der Waals surface area contributed by atoms with Crippen LogP contribution >= 0.6 is 0 Å². The molecule has 0 saturated heterocycles. The van der Waals surface area contributed by atoms with E-state index < -0.39 is 12.1 Å². The molecule has 0 saturated carbocycles. The van der Waals surface area contributed by atoms with Crippen molar-refractivity contribution in [3.05, 3.63) is 42.2 Å². The molecule has 1 aromatic carbocycles. The summed E-state index contributed by atoms with van der Waals surface area (Å²) >= 11 is 0. The molecule has 11 heteroatoms. The third kappa shape index (κ3) is 6.06. The van der Waals surface area contributed by atoms with Crippen molar-refractivity contribution in [3.63, 3.8) is 0 Å². The lowest BCUT2D eigenvalue weighted by Crippen LogP contribution is -2.21. The zero-order valence-electron chi connectivity index (χ0n) is 14.6. The number of benzene rings is 1. The minimum absolute atomic E-state index is 0.502. The standard InChI is InChI=1S/C14H17N5O.C2HF3O2/c1-18(2)8-7-13-16-14(20-17-13)10-19-12-6-4-3-5-11(12)9-15-19;3-2(4,5)1(6)7/h3-6,9H,7-8,10H2,1-2H3;(H,6,7). The van der Waals surface area contributed by atoms with E-state index in [1.54, 1.807) is 0 Å². The number of carboxylic acids is 1. The maximum atomic E-state index is 10.6. The number of para-hydroxylation sites is 1. The summed E-state index contributed by atoms with van der Waals surface area (Å²) in [5, 5.41) is 16.6. The minimum atomic E-state index is -5.08. The zero-order valence-corrected chi connectivity index (χ0v) is 14.6. The van der Waals surface area contributed by atoms with Crippen LogP contribution in [-0.4, -0.2) is 62.7 Å². The van der Waals surface area contributed by atoms with Gasteiger partial charge >= 0.3 is 12.1 Å². The number of carbonyl (C=O) groups is 1. The number of nitrogens with zero attached hydrogens (tertiary/aromatic N) is 5. The quantitative estimate of drug-likeness (QED) is 0.719. The van der Waals surface area contributed by atoms with Gasteiger partial charge in [0.2, 0.25) is 5.89 Å². The Morgan fingerprint density at radius 2 is 1.96 bits per heavy atom. The molecule has 0 aliphatic rings. The van der Waals surface area contributed by atoms with Crippen molar-refractivity contribution >= 4 is 16.9 Å². The van der Waals surface area contributed by atoms with Crippen molar-refractivity contribution in [2.45, 2.75) is 19.1 Å². The molecule has 0 bridgehead atoms. The maximum absolute atomic E-state index is 10.6. The van der Waals surface area contributed by atoms with Crippen LogP contribution in [0.1, 0.15) is 11.7 Å². The summed E-state index contributed by atoms with van der Waals surface area (Å²) < 4.78 is 38.9. The monoisotopic (exact) mass is 385 g/mol. The number of aromatic nitrogens is 4. The largest absolute Gasteiger partial charge is 0.490 e. The Kier molecular flexibility index (Phi) is 6.50. The van der Waals surface area contributed by atoms with E-state index in [0.29, 0.717) is 12.4 Å². The smallest absolute Gasteiger partial charge is 0.475 e. The highest BCUT2D eigenvalue weighted by Gasteiger charge is 2.38. The minimum Gasteiger partial charge on any atom is -0.475 e. The maximum Gasteiger partial charge on any atom is 0.490 e. The summed E-state index contributed by atoms with van der Waals surface area (Å²) in [6.45, 7) is 1.41. The number of rotatable bonds is 5. The Morgan fingerprint density at radius 3 is 2.59 bits per heavy atom. The van der Waals surface area contributed by atoms with Crippen LogP contribution in [0.2, 0.25) is 0 Å². The normalized spacial score (nSPS) is 11.5. The molecule has 0 spiro atoms. The predicted molar refractivity (Wildman–Crippen MR) is 89.1 cm³/mol. The molecule has 2 heterocycles. The fraction of sp³-hybridized carbons (Fsp3) is 0.375. The van der Waals surface area contributed by atoms with Gasteiger partial charge in [-0.25, -0.2) is 4.79 Å². The van der Waals surface area contributed by atoms with Gasteiger partial charge < -0.3 is 14.5 Å². The van der Waals surface area contributed by atoms with Gasteiger partial charge in [-0.2, -0.15) is 23.3 Å². The molecule has 8 nitrogen and oxygen atoms in total. The second kappa shape index (κ2) is 8.62. The van der Waals surface area contributed by atoms with Crippen LogP contribution in [0.5, 0.6) is 0 Å². The van der Waals surface area contributed by atoms with Gasteiger partial charge in [-0.1, -0.05) is 23.4 Å². The van der Waals surface area contributed by atoms with E-state index in [4.69, 9.17) is 14.4 Å². The van der Waals surface area contributed by atoms with E-state index in [0.717, 1.165) is 29.7 Å². The first kappa shape index (κ1) is 20.4. The molecule has 0 fully saturated rings. The third-order valence-corrected chi connectivity index (χ3v) is 3.37. The highest BCUT2D eigenvalue weighted by atomic mass is 19.4. The van der Waals surface area contributed by atoms with Crippen LogP contribution in [-0.2, 0) is 17.8 Å². The Hall–Kier alpha value is -2.95. The first-order valence-corrected chi connectivity index (χ1v) is 7.83. The van der Waals surface area contributed by atoms with Crippen molar-refractivity contribution in [3.8, 4) is 0 Å². The van der Waals surface area contributed by atoms with E-state index >= 15 is 0 Å². The summed E-state index contributed by atoms with van der Waals surface area (Å²) in [4.78, 5) is 15.4. The van der Waals surface area contributed by atoms with E-state index in [-0.39, 0.29) is 0 Å². The van der Waals surface area contributed by atoms with Gasteiger partial charge in [-0.15, -0.1) is 0 Å². The summed E-state index contributed by atoms with van der Waals surface area (Å²) in [5.74, 6) is -1.43. The van der Waals surface area contributed by atoms with Crippen molar-refractivity contribution < 1.29 is 27.6 Å². The first-order chi connectivity index (χ1) is 12.7. The van der Waals surface area contributed by atoms with Crippen molar-refractivity contribution in [1.29, 1.82) is 0 Å². The predicted octanol–water partition coefficient (Wildman–Crippen LogP) is 2.20. The topological polar surface area (TPSA) is 97.3 Å². The molecule has 2 aromatic heterocycles. The molecule has 3 rings (SSSR count). The number of hydrogen-bond acceptors (Lipinski definition) is 6. The Labute approximate surface area is 152 Å². The molecule has 3 aromatic rings. The number of alkyl halides is 3. The van der Waals surface area contributed by atoms with E-state index in [1.807, 2.05) is 49.2 Å². The molecular weight excluding hydrogens is 367 g/mol. The van der Waals surface area contributed by atoms with Crippen LogP contribution in [0.25, 0.3) is 10.9 Å². The number of aliphatic carboxylic acids is 1. The second-order valence-corrected chi connectivity index (χ2v) is 5.82. The molecule has 0 unspecified atom stereocenters. The highest BCUT2D eigenvalue weighted by molar-refractivity contribution is 5.78. The summed E-state index contributed by atoms with van der Waals surface area (Å²) in [6.07, 6.45) is -2.45. The van der Waals surface area contributed by atoms with Gasteiger partial charge in [0.25, 0.3) is 0 Å². The summed E-state index contributed by atoms with van der Waals surface area (Å²) in [5.41, 5.74) is 1.07. The Balaban J connectivity index is 0.000000321. The molecular formula is C16H18F3N5O3. The van der Waals surface area contributed by atoms with E-state index in [1.165, 1.54) is 0 Å². The van der Waals surface area contributed by atoms with Crippen LogP contribution < -0.4 is 0 Å². The molecule has 0 aliphatic heterocycles. The Bertz CT molecular complexity index is 889. The fourth-order valence-electron chi connectivity index (χ4n) is 2.06. The van der Waals surface area contributed by atoms with Gasteiger partial charge in [-0.3, -0.25) is 4.68 Å². The number of halogens is 3.